The molecule has 0 radical (unpaired) electrons. The van der Waals surface area contributed by atoms with Crippen LogP contribution >= 0.6 is 0 Å². The van der Waals surface area contributed by atoms with Gasteiger partial charge in [-0.1, -0.05) is 48.5 Å². The highest BCUT2D eigenvalue weighted by molar-refractivity contribution is 5.81. The second-order valence-electron chi connectivity index (χ2n) is 8.02. The number of hydrogen-bond donors (Lipinski definition) is 0. The van der Waals surface area contributed by atoms with Gasteiger partial charge in [0.05, 0.1) is 11.6 Å². The van der Waals surface area contributed by atoms with Crippen LogP contribution in [-0.2, 0) is 13.1 Å². The van der Waals surface area contributed by atoms with Crippen molar-refractivity contribution in [2.45, 2.75) is 19.0 Å². The van der Waals surface area contributed by atoms with Gasteiger partial charge in [-0.25, -0.2) is 0 Å². The highest BCUT2D eigenvalue weighted by Gasteiger charge is 2.24. The first-order valence-corrected chi connectivity index (χ1v) is 10.1. The van der Waals surface area contributed by atoms with E-state index in [4.69, 9.17) is 0 Å². The Hall–Kier alpha value is -3.35. The molecule has 1 aromatic heterocycles. The van der Waals surface area contributed by atoms with Crippen molar-refractivity contribution in [2.24, 2.45) is 0 Å². The standard InChI is InChI=1S/C26H23N3/c1-28-17-23-7-2-3-8-24(23)25(18-28)22-10-9-21-11-12-29(26(21)14-22)16-20-6-4-5-19(13-20)15-27/h2-14,25H,16-18H2,1H3. The molecule has 0 fully saturated rings. The van der Waals surface area contributed by atoms with E-state index < -0.39 is 0 Å². The molecule has 142 valence electrons. The number of hydrogen-bond acceptors (Lipinski definition) is 2. The first-order valence-electron chi connectivity index (χ1n) is 10.1. The maximum Gasteiger partial charge on any atom is 0.0991 e. The molecule has 1 aliphatic heterocycles. The van der Waals surface area contributed by atoms with Gasteiger partial charge >= 0.3 is 0 Å². The van der Waals surface area contributed by atoms with Gasteiger partial charge in [0.25, 0.3) is 0 Å². The van der Waals surface area contributed by atoms with Crippen molar-refractivity contribution in [2.75, 3.05) is 13.6 Å². The van der Waals surface area contributed by atoms with Crippen LogP contribution in [0.15, 0.2) is 79.0 Å². The van der Waals surface area contributed by atoms with Crippen molar-refractivity contribution in [1.82, 2.24) is 9.47 Å². The van der Waals surface area contributed by atoms with E-state index in [2.05, 4.69) is 83.4 Å². The summed E-state index contributed by atoms with van der Waals surface area (Å²) in [5.74, 6) is 0.389. The van der Waals surface area contributed by atoms with E-state index in [1.807, 2.05) is 18.2 Å². The Bertz CT molecular complexity index is 1230. The number of likely N-dealkylation sites (N-methyl/N-ethyl adjacent to an activating group) is 1. The summed E-state index contributed by atoms with van der Waals surface area (Å²) in [7, 11) is 2.20. The molecule has 1 unspecified atom stereocenters. The van der Waals surface area contributed by atoms with E-state index in [0.29, 0.717) is 11.5 Å². The molecule has 4 aromatic rings. The minimum Gasteiger partial charge on any atom is -0.343 e. The summed E-state index contributed by atoms with van der Waals surface area (Å²) in [6.45, 7) is 2.82. The van der Waals surface area contributed by atoms with Gasteiger partial charge in [-0.15, -0.1) is 0 Å². The second kappa shape index (κ2) is 7.24. The third-order valence-electron chi connectivity index (χ3n) is 5.97. The molecule has 1 atom stereocenters. The minimum absolute atomic E-state index is 0.389. The number of nitriles is 1. The van der Waals surface area contributed by atoms with Crippen LogP contribution in [0.1, 0.15) is 33.7 Å². The van der Waals surface area contributed by atoms with Gasteiger partial charge < -0.3 is 9.47 Å². The van der Waals surface area contributed by atoms with Gasteiger partial charge in [-0.3, -0.25) is 0 Å². The maximum absolute atomic E-state index is 9.18. The number of nitrogens with zero attached hydrogens (tertiary/aromatic N) is 3. The molecule has 0 saturated carbocycles. The van der Waals surface area contributed by atoms with E-state index >= 15 is 0 Å². The van der Waals surface area contributed by atoms with Crippen LogP contribution in [0.4, 0.5) is 0 Å². The lowest BCUT2D eigenvalue weighted by atomic mass is 9.84. The maximum atomic E-state index is 9.18. The van der Waals surface area contributed by atoms with Crippen LogP contribution in [0.5, 0.6) is 0 Å². The quantitative estimate of drug-likeness (QED) is 0.495. The second-order valence-corrected chi connectivity index (χ2v) is 8.02. The average Bonchev–Trinajstić information content (AvgIpc) is 3.15. The Labute approximate surface area is 171 Å². The molecule has 0 saturated heterocycles. The minimum atomic E-state index is 0.389. The number of benzene rings is 3. The Morgan fingerprint density at radius 2 is 1.90 bits per heavy atom. The first kappa shape index (κ1) is 17.7. The van der Waals surface area contributed by atoms with E-state index in [0.717, 1.165) is 25.2 Å². The molecule has 3 nitrogen and oxygen atoms in total. The lowest BCUT2D eigenvalue weighted by Gasteiger charge is -2.32. The van der Waals surface area contributed by atoms with Crippen LogP contribution in [-0.4, -0.2) is 23.1 Å². The summed E-state index contributed by atoms with van der Waals surface area (Å²) >= 11 is 0. The monoisotopic (exact) mass is 377 g/mol. The predicted molar refractivity (Wildman–Crippen MR) is 117 cm³/mol. The highest BCUT2D eigenvalue weighted by atomic mass is 15.1. The lowest BCUT2D eigenvalue weighted by molar-refractivity contribution is 0.295. The molecular weight excluding hydrogens is 354 g/mol. The summed E-state index contributed by atoms with van der Waals surface area (Å²) < 4.78 is 2.29. The Morgan fingerprint density at radius 3 is 2.79 bits per heavy atom. The normalized spacial score (nSPS) is 16.5. The fourth-order valence-corrected chi connectivity index (χ4v) is 4.56. The van der Waals surface area contributed by atoms with Gasteiger partial charge in [0.1, 0.15) is 0 Å². The highest BCUT2D eigenvalue weighted by Crippen LogP contribution is 2.34. The number of fused-ring (bicyclic) bond motifs is 2. The Balaban J connectivity index is 1.54. The molecule has 3 heteroatoms. The van der Waals surface area contributed by atoms with Crippen molar-refractivity contribution < 1.29 is 0 Å². The van der Waals surface area contributed by atoms with E-state index in [9.17, 15) is 5.26 Å². The van der Waals surface area contributed by atoms with Gasteiger partial charge in [-0.05, 0) is 59.0 Å². The van der Waals surface area contributed by atoms with Crippen molar-refractivity contribution in [3.63, 3.8) is 0 Å². The van der Waals surface area contributed by atoms with Crippen LogP contribution in [0, 0.1) is 11.3 Å². The van der Waals surface area contributed by atoms with E-state index in [1.54, 1.807) is 0 Å². The van der Waals surface area contributed by atoms with Gasteiger partial charge in [0.15, 0.2) is 0 Å². The van der Waals surface area contributed by atoms with Crippen LogP contribution < -0.4 is 0 Å². The van der Waals surface area contributed by atoms with Crippen LogP contribution in [0.3, 0.4) is 0 Å². The van der Waals surface area contributed by atoms with E-state index in [-0.39, 0.29) is 0 Å². The van der Waals surface area contributed by atoms with Crippen molar-refractivity contribution in [3.05, 3.63) is 107 Å². The zero-order valence-electron chi connectivity index (χ0n) is 16.5. The molecule has 3 aromatic carbocycles. The Kier molecular flexibility index (Phi) is 4.42. The molecule has 0 aliphatic carbocycles. The predicted octanol–water partition coefficient (Wildman–Crippen LogP) is 5.14. The molecule has 0 spiro atoms. The fourth-order valence-electron chi connectivity index (χ4n) is 4.56. The largest absolute Gasteiger partial charge is 0.343 e. The molecular formula is C26H23N3. The summed E-state index contributed by atoms with van der Waals surface area (Å²) in [6, 6.07) is 28.0. The summed E-state index contributed by atoms with van der Waals surface area (Å²) in [4.78, 5) is 2.41. The Morgan fingerprint density at radius 1 is 1.00 bits per heavy atom. The fraction of sp³-hybridized carbons (Fsp3) is 0.192. The lowest BCUT2D eigenvalue weighted by Crippen LogP contribution is -2.30. The van der Waals surface area contributed by atoms with E-state index in [1.165, 1.54) is 27.6 Å². The zero-order valence-corrected chi connectivity index (χ0v) is 16.5. The third kappa shape index (κ3) is 3.33. The zero-order chi connectivity index (χ0) is 19.8. The summed E-state index contributed by atoms with van der Waals surface area (Å²) in [5.41, 5.74) is 7.34. The topological polar surface area (TPSA) is 32.0 Å². The average molecular weight is 377 g/mol. The van der Waals surface area contributed by atoms with Crippen molar-refractivity contribution >= 4 is 10.9 Å². The van der Waals surface area contributed by atoms with Crippen molar-refractivity contribution in [3.8, 4) is 6.07 Å². The van der Waals surface area contributed by atoms with Gasteiger partial charge in [0.2, 0.25) is 0 Å². The SMILES string of the molecule is CN1Cc2ccccc2C(c2ccc3ccn(Cc4cccc(C#N)c4)c3c2)C1. The third-order valence-corrected chi connectivity index (χ3v) is 5.97. The summed E-state index contributed by atoms with van der Waals surface area (Å²) in [6.07, 6.45) is 2.15. The molecule has 1 aliphatic rings. The molecule has 29 heavy (non-hydrogen) atoms. The molecule has 5 rings (SSSR count). The van der Waals surface area contributed by atoms with Crippen LogP contribution in [0.2, 0.25) is 0 Å². The van der Waals surface area contributed by atoms with Gasteiger partial charge in [0, 0.05) is 37.3 Å². The molecule has 0 N–H and O–H groups in total. The smallest absolute Gasteiger partial charge is 0.0991 e. The molecule has 0 amide bonds. The molecule has 0 bridgehead atoms. The number of aromatic nitrogens is 1. The van der Waals surface area contributed by atoms with Crippen LogP contribution in [0.25, 0.3) is 10.9 Å². The first-order chi connectivity index (χ1) is 14.2. The van der Waals surface area contributed by atoms with Gasteiger partial charge in [-0.2, -0.15) is 5.26 Å². The molecule has 2 heterocycles. The van der Waals surface area contributed by atoms with Crippen molar-refractivity contribution in [1.29, 1.82) is 5.26 Å². The number of rotatable bonds is 3. The summed E-state index contributed by atoms with van der Waals surface area (Å²) in [5, 5.41) is 10.4.